The number of hydrogen-bond donors (Lipinski definition) is 1. The highest BCUT2D eigenvalue weighted by molar-refractivity contribution is 5.74. The minimum atomic E-state index is -0.232. The summed E-state index contributed by atoms with van der Waals surface area (Å²) in [4.78, 5) is 21.8. The van der Waals surface area contributed by atoms with E-state index in [2.05, 4.69) is 35.6 Å². The van der Waals surface area contributed by atoms with Crippen LogP contribution < -0.4 is 5.32 Å². The van der Waals surface area contributed by atoms with Crippen molar-refractivity contribution in [3.05, 3.63) is 42.1 Å². The first-order valence-corrected chi connectivity index (χ1v) is 11.0. The van der Waals surface area contributed by atoms with Crippen LogP contribution in [0.15, 0.2) is 30.5 Å². The number of carbonyl (C=O) groups is 1. The lowest BCUT2D eigenvalue weighted by atomic mass is 9.83. The molecule has 2 aliphatic heterocycles. The molecule has 0 bridgehead atoms. The number of urea groups is 1. The third-order valence-electron chi connectivity index (χ3n) is 6.51. The van der Waals surface area contributed by atoms with Crippen molar-refractivity contribution >= 4 is 6.03 Å². The molecule has 0 aliphatic carbocycles. The predicted molar refractivity (Wildman–Crippen MR) is 116 cm³/mol. The maximum atomic E-state index is 13.8. The van der Waals surface area contributed by atoms with Gasteiger partial charge in [0.1, 0.15) is 11.6 Å². The average Bonchev–Trinajstić information content (AvgIpc) is 3.18. The molecule has 2 amide bonds. The molecule has 1 saturated heterocycles. The fourth-order valence-electron chi connectivity index (χ4n) is 4.91. The number of likely N-dealkylation sites (N-methyl/N-ethyl adjacent to an activating group) is 1. The summed E-state index contributed by atoms with van der Waals surface area (Å²) in [6.45, 7) is 11.2. The molecule has 1 aromatic heterocycles. The molecule has 3 heterocycles. The van der Waals surface area contributed by atoms with Crippen molar-refractivity contribution in [1.29, 1.82) is 0 Å². The number of amides is 2. The number of carbonyl (C=O) groups excluding carboxylic acids is 1. The van der Waals surface area contributed by atoms with E-state index in [0.29, 0.717) is 25.6 Å². The van der Waals surface area contributed by atoms with Gasteiger partial charge in [-0.3, -0.25) is 4.90 Å². The number of piperidine rings is 1. The number of hydrogen-bond acceptors (Lipinski definition) is 3. The molecule has 0 atom stereocenters. The van der Waals surface area contributed by atoms with Crippen LogP contribution in [0.2, 0.25) is 0 Å². The number of rotatable bonds is 4. The van der Waals surface area contributed by atoms with E-state index < -0.39 is 0 Å². The van der Waals surface area contributed by atoms with E-state index in [1.807, 2.05) is 17.2 Å². The zero-order valence-electron chi connectivity index (χ0n) is 18.2. The normalized spacial score (nSPS) is 18.6. The van der Waals surface area contributed by atoms with Crippen LogP contribution in [0.3, 0.4) is 0 Å². The van der Waals surface area contributed by atoms with E-state index in [1.54, 1.807) is 12.1 Å². The number of halogens is 1. The van der Waals surface area contributed by atoms with Gasteiger partial charge in [0.15, 0.2) is 0 Å². The van der Waals surface area contributed by atoms with E-state index >= 15 is 0 Å². The maximum Gasteiger partial charge on any atom is 0.317 e. The van der Waals surface area contributed by atoms with Crippen LogP contribution in [0.1, 0.15) is 39.4 Å². The van der Waals surface area contributed by atoms with Crippen molar-refractivity contribution in [2.24, 2.45) is 5.92 Å². The lowest BCUT2D eigenvalue weighted by molar-refractivity contribution is 0.00268. The molecule has 162 valence electrons. The smallest absolute Gasteiger partial charge is 0.317 e. The lowest BCUT2D eigenvalue weighted by Crippen LogP contribution is -2.59. The van der Waals surface area contributed by atoms with Crippen LogP contribution in [0, 0.1) is 11.7 Å². The topological polar surface area (TPSA) is 53.4 Å². The maximum absolute atomic E-state index is 13.8. The van der Waals surface area contributed by atoms with E-state index in [9.17, 15) is 9.18 Å². The van der Waals surface area contributed by atoms with E-state index in [1.165, 1.54) is 6.07 Å². The summed E-state index contributed by atoms with van der Waals surface area (Å²) >= 11 is 0. The predicted octanol–water partition coefficient (Wildman–Crippen LogP) is 3.68. The number of benzene rings is 1. The molecule has 0 unspecified atom stereocenters. The molecule has 7 heteroatoms. The van der Waals surface area contributed by atoms with Crippen LogP contribution in [-0.2, 0) is 12.1 Å². The van der Waals surface area contributed by atoms with Gasteiger partial charge in [0.05, 0.1) is 17.4 Å². The first kappa shape index (κ1) is 20.8. The molecule has 2 aliphatic rings. The third-order valence-corrected chi connectivity index (χ3v) is 6.51. The summed E-state index contributed by atoms with van der Waals surface area (Å²) in [6.07, 6.45) is 3.60. The minimum absolute atomic E-state index is 0.0289. The van der Waals surface area contributed by atoms with Crippen molar-refractivity contribution in [2.75, 3.05) is 32.7 Å². The monoisotopic (exact) mass is 413 g/mol. The van der Waals surface area contributed by atoms with Crippen molar-refractivity contribution in [3.63, 3.8) is 0 Å². The Morgan fingerprint density at radius 1 is 1.23 bits per heavy atom. The van der Waals surface area contributed by atoms with Crippen LogP contribution in [0.25, 0.3) is 11.3 Å². The molecule has 1 fully saturated rings. The highest BCUT2D eigenvalue weighted by atomic mass is 19.1. The molecule has 1 N–H and O–H groups in total. The van der Waals surface area contributed by atoms with Gasteiger partial charge in [-0.15, -0.1) is 0 Å². The Balaban J connectivity index is 1.59. The van der Waals surface area contributed by atoms with Crippen LogP contribution in [0.5, 0.6) is 0 Å². The summed E-state index contributed by atoms with van der Waals surface area (Å²) < 4.78 is 16.1. The van der Waals surface area contributed by atoms with Gasteiger partial charge in [0, 0.05) is 38.3 Å². The molecule has 2 aromatic rings. The highest BCUT2D eigenvalue weighted by Gasteiger charge is 2.47. The number of fused-ring (bicyclic) bond motifs is 2. The van der Waals surface area contributed by atoms with Crippen LogP contribution in [0.4, 0.5) is 9.18 Å². The molecule has 0 saturated carbocycles. The summed E-state index contributed by atoms with van der Waals surface area (Å²) in [5, 5.41) is 3.04. The first-order chi connectivity index (χ1) is 14.4. The van der Waals surface area contributed by atoms with Gasteiger partial charge in [-0.1, -0.05) is 32.9 Å². The van der Waals surface area contributed by atoms with Crippen molar-refractivity contribution < 1.29 is 9.18 Å². The summed E-state index contributed by atoms with van der Waals surface area (Å²) in [6, 6.07) is 6.76. The second kappa shape index (κ2) is 8.38. The fourth-order valence-corrected chi connectivity index (χ4v) is 4.91. The number of nitrogens with one attached hydrogen (secondary N) is 1. The second-order valence-corrected chi connectivity index (χ2v) is 8.81. The number of aromatic nitrogens is 2. The summed E-state index contributed by atoms with van der Waals surface area (Å²) in [5.41, 5.74) is 1.66. The van der Waals surface area contributed by atoms with Gasteiger partial charge in [0.2, 0.25) is 0 Å². The standard InChI is InChI=1S/C23H32FN5O/c1-4-28-12-13-29-20(18-6-5-7-19(24)14-18)16-25-21(29)23(28)8-10-27(11-9-23)22(30)26-15-17(2)3/h5-7,14,16-17H,4,8-13,15H2,1-3H3,(H,26,30). The van der Waals surface area contributed by atoms with Gasteiger partial charge < -0.3 is 14.8 Å². The van der Waals surface area contributed by atoms with Crippen molar-refractivity contribution in [2.45, 2.75) is 45.7 Å². The summed E-state index contributed by atoms with van der Waals surface area (Å²) in [7, 11) is 0. The molecule has 1 spiro atoms. The van der Waals surface area contributed by atoms with Gasteiger partial charge in [-0.25, -0.2) is 14.2 Å². The molecule has 0 radical (unpaired) electrons. The number of imidazole rings is 1. The Labute approximate surface area is 178 Å². The second-order valence-electron chi connectivity index (χ2n) is 8.81. The average molecular weight is 414 g/mol. The van der Waals surface area contributed by atoms with Crippen molar-refractivity contribution in [3.8, 4) is 11.3 Å². The van der Waals surface area contributed by atoms with Gasteiger partial charge >= 0.3 is 6.03 Å². The van der Waals surface area contributed by atoms with E-state index in [0.717, 1.165) is 49.6 Å². The molecule has 30 heavy (non-hydrogen) atoms. The molecule has 1 aromatic carbocycles. The molecular weight excluding hydrogens is 381 g/mol. The minimum Gasteiger partial charge on any atom is -0.338 e. The summed E-state index contributed by atoms with van der Waals surface area (Å²) in [5.74, 6) is 1.26. The Bertz CT molecular complexity index is 901. The largest absolute Gasteiger partial charge is 0.338 e. The zero-order chi connectivity index (χ0) is 21.3. The van der Waals surface area contributed by atoms with Gasteiger partial charge in [0.25, 0.3) is 0 Å². The molecular formula is C23H32FN5O. The van der Waals surface area contributed by atoms with Gasteiger partial charge in [-0.05, 0) is 37.4 Å². The Kier molecular flexibility index (Phi) is 5.82. The first-order valence-electron chi connectivity index (χ1n) is 11.0. The fraction of sp³-hybridized carbons (Fsp3) is 0.565. The highest BCUT2D eigenvalue weighted by Crippen LogP contribution is 2.42. The van der Waals surface area contributed by atoms with Crippen LogP contribution in [-0.4, -0.2) is 58.1 Å². The van der Waals surface area contributed by atoms with Crippen molar-refractivity contribution in [1.82, 2.24) is 24.7 Å². The zero-order valence-corrected chi connectivity index (χ0v) is 18.2. The SMILES string of the molecule is CCN1CCn2c(-c3cccc(F)c3)cnc2C12CCN(C(=O)NCC(C)C)CC2. The Hall–Kier alpha value is -2.41. The Morgan fingerprint density at radius 2 is 2.00 bits per heavy atom. The van der Waals surface area contributed by atoms with Gasteiger partial charge in [-0.2, -0.15) is 0 Å². The molecule has 4 rings (SSSR count). The van der Waals surface area contributed by atoms with E-state index in [-0.39, 0.29) is 17.4 Å². The number of nitrogens with zero attached hydrogens (tertiary/aromatic N) is 4. The molecule has 6 nitrogen and oxygen atoms in total. The quantitative estimate of drug-likeness (QED) is 0.832. The number of likely N-dealkylation sites (tertiary alicyclic amines) is 1. The Morgan fingerprint density at radius 3 is 2.67 bits per heavy atom. The third kappa shape index (κ3) is 3.71. The van der Waals surface area contributed by atoms with Crippen LogP contribution >= 0.6 is 0 Å². The lowest BCUT2D eigenvalue weighted by Gasteiger charge is -2.50. The van der Waals surface area contributed by atoms with E-state index in [4.69, 9.17) is 4.98 Å².